The largest absolute Gasteiger partial charge is 0.444 e. The second-order valence-corrected chi connectivity index (χ2v) is 8.55. The van der Waals surface area contributed by atoms with Crippen molar-refractivity contribution in [1.82, 2.24) is 24.8 Å². The summed E-state index contributed by atoms with van der Waals surface area (Å²) in [5.74, 6) is -0.703. The van der Waals surface area contributed by atoms with Crippen molar-refractivity contribution in [2.75, 3.05) is 26.8 Å². The Bertz CT molecular complexity index is 1070. The lowest BCUT2D eigenvalue weighted by atomic mass is 9.93. The van der Waals surface area contributed by atoms with Gasteiger partial charge in [0.25, 0.3) is 11.5 Å². The molecule has 1 saturated heterocycles. The lowest BCUT2D eigenvalue weighted by Crippen LogP contribution is -2.41. The van der Waals surface area contributed by atoms with Crippen LogP contribution in [0.3, 0.4) is 0 Å². The van der Waals surface area contributed by atoms with E-state index in [0.717, 1.165) is 0 Å². The summed E-state index contributed by atoms with van der Waals surface area (Å²) in [5, 5.41) is 19.3. The third kappa shape index (κ3) is 5.25. The SMILES string of the molecule is COCC(=O)NC(=NO)c1cnn2c(C3CCN(C(=O)OC(C)(C)C)CC3)cc(=O)[nH]c12. The second kappa shape index (κ2) is 9.39. The Labute approximate surface area is 184 Å². The fourth-order valence-electron chi connectivity index (χ4n) is 3.61. The second-order valence-electron chi connectivity index (χ2n) is 8.55. The number of rotatable bonds is 4. The number of carbonyl (C=O) groups excluding carboxylic acids is 2. The minimum absolute atomic E-state index is 0.0242. The van der Waals surface area contributed by atoms with Gasteiger partial charge in [0.15, 0.2) is 5.84 Å². The van der Waals surface area contributed by atoms with Gasteiger partial charge in [0, 0.05) is 32.2 Å². The number of fused-ring (bicyclic) bond motifs is 1. The summed E-state index contributed by atoms with van der Waals surface area (Å²) >= 11 is 0. The van der Waals surface area contributed by atoms with E-state index in [4.69, 9.17) is 9.47 Å². The zero-order valence-corrected chi connectivity index (χ0v) is 18.5. The van der Waals surface area contributed by atoms with E-state index in [1.165, 1.54) is 19.4 Å². The topological polar surface area (TPSA) is 151 Å². The number of nitrogens with zero attached hydrogens (tertiary/aromatic N) is 4. The standard InChI is InChI=1S/C20H28N6O6/c1-20(2,3)32-19(29)25-7-5-12(6-8-25)14-9-15(27)23-18-13(10-21-26(14)18)17(24-30)22-16(28)11-31-4/h9-10,12,30H,5-8,11H2,1-4H3,(H,23,27)(H,22,24,28). The highest BCUT2D eigenvalue weighted by Gasteiger charge is 2.29. The molecule has 0 aliphatic carbocycles. The molecule has 2 amide bonds. The number of hydrogen-bond donors (Lipinski definition) is 3. The molecule has 1 fully saturated rings. The molecule has 2 aromatic rings. The Morgan fingerprint density at radius 1 is 1.34 bits per heavy atom. The van der Waals surface area contributed by atoms with Crippen LogP contribution in [0, 0.1) is 0 Å². The number of methoxy groups -OCH3 is 1. The molecule has 0 bridgehead atoms. The predicted molar refractivity (Wildman–Crippen MR) is 114 cm³/mol. The number of hydrogen-bond acceptors (Lipinski definition) is 8. The van der Waals surface area contributed by atoms with Gasteiger partial charge in [-0.3, -0.25) is 9.59 Å². The van der Waals surface area contributed by atoms with Gasteiger partial charge >= 0.3 is 6.09 Å². The average Bonchev–Trinajstić information content (AvgIpc) is 3.14. The number of carbonyl (C=O) groups is 2. The lowest BCUT2D eigenvalue weighted by Gasteiger charge is -2.33. The van der Waals surface area contributed by atoms with Gasteiger partial charge in [0.2, 0.25) is 0 Å². The summed E-state index contributed by atoms with van der Waals surface area (Å²) in [6.07, 6.45) is 2.29. The van der Waals surface area contributed by atoms with Crippen molar-refractivity contribution in [2.45, 2.75) is 45.1 Å². The minimum Gasteiger partial charge on any atom is -0.444 e. The van der Waals surface area contributed by atoms with Crippen LogP contribution >= 0.6 is 0 Å². The number of ether oxygens (including phenoxy) is 2. The maximum Gasteiger partial charge on any atom is 0.410 e. The molecule has 3 rings (SSSR count). The highest BCUT2D eigenvalue weighted by Crippen LogP contribution is 2.28. The van der Waals surface area contributed by atoms with Crippen molar-refractivity contribution in [3.63, 3.8) is 0 Å². The predicted octanol–water partition coefficient (Wildman–Crippen LogP) is 1.04. The van der Waals surface area contributed by atoms with Crippen LogP contribution < -0.4 is 10.9 Å². The van der Waals surface area contributed by atoms with E-state index in [1.54, 1.807) is 9.42 Å². The zero-order chi connectivity index (χ0) is 23.5. The van der Waals surface area contributed by atoms with Crippen molar-refractivity contribution < 1.29 is 24.3 Å². The minimum atomic E-state index is -0.567. The molecule has 0 spiro atoms. The number of nitrogens with one attached hydrogen (secondary N) is 2. The van der Waals surface area contributed by atoms with Crippen molar-refractivity contribution >= 4 is 23.5 Å². The Morgan fingerprint density at radius 2 is 2.03 bits per heavy atom. The number of oxime groups is 1. The van der Waals surface area contributed by atoms with E-state index in [-0.39, 0.29) is 41.2 Å². The van der Waals surface area contributed by atoms with Gasteiger partial charge in [-0.25, -0.2) is 9.31 Å². The van der Waals surface area contributed by atoms with Gasteiger partial charge in [-0.2, -0.15) is 5.10 Å². The molecule has 1 aliphatic rings. The number of amides is 2. The van der Waals surface area contributed by atoms with Crippen LogP contribution in [0.1, 0.15) is 50.8 Å². The monoisotopic (exact) mass is 448 g/mol. The molecule has 0 aromatic carbocycles. The van der Waals surface area contributed by atoms with Crippen molar-refractivity contribution in [1.29, 1.82) is 0 Å². The first-order valence-electron chi connectivity index (χ1n) is 10.2. The summed E-state index contributed by atoms with van der Waals surface area (Å²) < 4.78 is 11.7. The maximum atomic E-state index is 12.4. The molecule has 3 N–H and O–H groups in total. The van der Waals surface area contributed by atoms with Gasteiger partial charge < -0.3 is 29.9 Å². The van der Waals surface area contributed by atoms with Gasteiger partial charge in [-0.1, -0.05) is 5.16 Å². The highest BCUT2D eigenvalue weighted by atomic mass is 16.6. The van der Waals surface area contributed by atoms with Crippen molar-refractivity contribution in [3.05, 3.63) is 33.9 Å². The van der Waals surface area contributed by atoms with Crippen LogP contribution in [-0.2, 0) is 14.3 Å². The highest BCUT2D eigenvalue weighted by molar-refractivity contribution is 6.10. The molecule has 12 nitrogen and oxygen atoms in total. The molecule has 1 aliphatic heterocycles. The van der Waals surface area contributed by atoms with Gasteiger partial charge in [0.05, 0.1) is 17.5 Å². The summed E-state index contributed by atoms with van der Waals surface area (Å²) in [6.45, 7) is 6.21. The smallest absolute Gasteiger partial charge is 0.410 e. The van der Waals surface area contributed by atoms with Crippen LogP contribution in [0.4, 0.5) is 4.79 Å². The van der Waals surface area contributed by atoms with Crippen LogP contribution in [0.5, 0.6) is 0 Å². The van der Waals surface area contributed by atoms with E-state index < -0.39 is 11.5 Å². The molecule has 0 saturated carbocycles. The normalized spacial score (nSPS) is 15.8. The molecule has 3 heterocycles. The van der Waals surface area contributed by atoms with Crippen LogP contribution in [0.2, 0.25) is 0 Å². The Kier molecular flexibility index (Phi) is 6.82. The third-order valence-corrected chi connectivity index (χ3v) is 4.99. The first-order valence-corrected chi connectivity index (χ1v) is 10.2. The molecule has 32 heavy (non-hydrogen) atoms. The molecule has 12 heteroatoms. The maximum absolute atomic E-state index is 12.4. The third-order valence-electron chi connectivity index (χ3n) is 4.99. The van der Waals surface area contributed by atoms with Gasteiger partial charge in [-0.05, 0) is 33.6 Å². The van der Waals surface area contributed by atoms with E-state index in [1.807, 2.05) is 20.8 Å². The Hall–Kier alpha value is -3.41. The number of piperidine rings is 1. The fourth-order valence-corrected chi connectivity index (χ4v) is 3.61. The molecular weight excluding hydrogens is 420 g/mol. The van der Waals surface area contributed by atoms with E-state index in [0.29, 0.717) is 31.6 Å². The van der Waals surface area contributed by atoms with Crippen LogP contribution in [-0.4, -0.2) is 74.9 Å². The first kappa shape index (κ1) is 23.3. The van der Waals surface area contributed by atoms with E-state index in [2.05, 4.69) is 20.6 Å². The number of aromatic amines is 1. The van der Waals surface area contributed by atoms with Crippen LogP contribution in [0.25, 0.3) is 5.65 Å². The first-order chi connectivity index (χ1) is 15.1. The fraction of sp³-hybridized carbons (Fsp3) is 0.550. The van der Waals surface area contributed by atoms with E-state index in [9.17, 15) is 19.6 Å². The average molecular weight is 448 g/mol. The summed E-state index contributed by atoms with van der Waals surface area (Å²) in [5.41, 5.74) is 0.279. The molecular formula is C20H28N6O6. The van der Waals surface area contributed by atoms with Crippen molar-refractivity contribution in [2.24, 2.45) is 5.16 Å². The summed E-state index contributed by atoms with van der Waals surface area (Å²) in [6, 6.07) is 1.47. The van der Waals surface area contributed by atoms with E-state index >= 15 is 0 Å². The number of amidine groups is 1. The molecule has 0 unspecified atom stereocenters. The zero-order valence-electron chi connectivity index (χ0n) is 18.5. The number of aromatic nitrogens is 3. The number of H-pyrrole nitrogens is 1. The quantitative estimate of drug-likeness (QED) is 0.274. The Balaban J connectivity index is 1.83. The molecule has 2 aromatic heterocycles. The Morgan fingerprint density at radius 3 is 2.62 bits per heavy atom. The molecule has 0 atom stereocenters. The van der Waals surface area contributed by atoms with Crippen LogP contribution in [0.15, 0.2) is 22.2 Å². The lowest BCUT2D eigenvalue weighted by molar-refractivity contribution is -0.123. The summed E-state index contributed by atoms with van der Waals surface area (Å²) in [4.78, 5) is 40.9. The molecule has 174 valence electrons. The molecule has 0 radical (unpaired) electrons. The van der Waals surface area contributed by atoms with Gasteiger partial charge in [-0.15, -0.1) is 0 Å². The number of likely N-dealkylation sites (tertiary alicyclic amines) is 1. The van der Waals surface area contributed by atoms with Gasteiger partial charge in [0.1, 0.15) is 17.9 Å². The van der Waals surface area contributed by atoms with Crippen molar-refractivity contribution in [3.8, 4) is 0 Å². The summed E-state index contributed by atoms with van der Waals surface area (Å²) in [7, 11) is 1.36.